The van der Waals surface area contributed by atoms with Crippen molar-refractivity contribution in [1.29, 1.82) is 0 Å². The Morgan fingerprint density at radius 3 is 2.79 bits per heavy atom. The van der Waals surface area contributed by atoms with Gasteiger partial charge in [0.15, 0.2) is 0 Å². The van der Waals surface area contributed by atoms with Crippen LogP contribution in [-0.2, 0) is 4.74 Å². The van der Waals surface area contributed by atoms with Gasteiger partial charge in [0.1, 0.15) is 24.1 Å². The second kappa shape index (κ2) is 7.40. The number of benzene rings is 1. The summed E-state index contributed by atoms with van der Waals surface area (Å²) in [7, 11) is 0. The quantitative estimate of drug-likeness (QED) is 0.922. The fraction of sp³-hybridized carbons (Fsp3) is 0.444. The molecule has 0 amide bonds. The zero-order valence-electron chi connectivity index (χ0n) is 13.6. The minimum absolute atomic E-state index is 0.0796. The van der Waals surface area contributed by atoms with Crippen LogP contribution in [0.15, 0.2) is 42.7 Å². The molecule has 2 fully saturated rings. The van der Waals surface area contributed by atoms with Crippen molar-refractivity contribution >= 4 is 23.4 Å². The van der Waals surface area contributed by atoms with Gasteiger partial charge in [-0.3, -0.25) is 0 Å². The van der Waals surface area contributed by atoms with E-state index in [1.165, 1.54) is 17.1 Å². The Morgan fingerprint density at radius 2 is 1.96 bits per heavy atom. The van der Waals surface area contributed by atoms with Gasteiger partial charge in [0.25, 0.3) is 0 Å². The third-order valence-electron chi connectivity index (χ3n) is 4.54. The van der Waals surface area contributed by atoms with Gasteiger partial charge < -0.3 is 15.0 Å². The molecule has 2 aromatic rings. The van der Waals surface area contributed by atoms with Crippen LogP contribution in [-0.4, -0.2) is 47.2 Å². The van der Waals surface area contributed by atoms with Gasteiger partial charge in [-0.25, -0.2) is 9.97 Å². The van der Waals surface area contributed by atoms with E-state index < -0.39 is 0 Å². The summed E-state index contributed by atoms with van der Waals surface area (Å²) in [6, 6.07) is 12.7. The van der Waals surface area contributed by atoms with E-state index in [4.69, 9.17) is 4.74 Å². The maximum absolute atomic E-state index is 5.95. The summed E-state index contributed by atoms with van der Waals surface area (Å²) in [5, 5.41) is 3.56. The van der Waals surface area contributed by atoms with Gasteiger partial charge in [-0.05, 0) is 12.0 Å². The SMILES string of the molecule is c1ccc([C@H]2OCC[C@H]2Nc2cc(N3CCSCC3)ncn2)cc1. The molecular weight excluding hydrogens is 320 g/mol. The number of hydrogen-bond acceptors (Lipinski definition) is 6. The van der Waals surface area contributed by atoms with Crippen molar-refractivity contribution in [2.75, 3.05) is 41.4 Å². The molecule has 24 heavy (non-hydrogen) atoms. The zero-order chi connectivity index (χ0) is 16.2. The van der Waals surface area contributed by atoms with Crippen molar-refractivity contribution in [3.05, 3.63) is 48.3 Å². The van der Waals surface area contributed by atoms with Gasteiger partial charge in [-0.1, -0.05) is 30.3 Å². The van der Waals surface area contributed by atoms with E-state index in [1.807, 2.05) is 17.8 Å². The summed E-state index contributed by atoms with van der Waals surface area (Å²) in [5.74, 6) is 4.23. The van der Waals surface area contributed by atoms with Crippen molar-refractivity contribution < 1.29 is 4.74 Å². The summed E-state index contributed by atoms with van der Waals surface area (Å²) in [5.41, 5.74) is 1.22. The fourth-order valence-corrected chi connectivity index (χ4v) is 4.19. The minimum Gasteiger partial charge on any atom is -0.371 e. The standard InChI is InChI=1S/C18H22N4OS/c1-2-4-14(5-3-1)18-15(6-9-23-18)21-16-12-17(20-13-19-16)22-7-10-24-11-8-22/h1-5,12-13,15,18H,6-11H2,(H,19,20,21)/t15-,18-/m1/s1. The summed E-state index contributed by atoms with van der Waals surface area (Å²) in [6.45, 7) is 2.89. The molecule has 2 aliphatic rings. The summed E-state index contributed by atoms with van der Waals surface area (Å²) in [6.07, 6.45) is 2.72. The fourth-order valence-electron chi connectivity index (χ4n) is 3.29. The molecule has 2 atom stereocenters. The van der Waals surface area contributed by atoms with E-state index >= 15 is 0 Å². The highest BCUT2D eigenvalue weighted by atomic mass is 32.2. The molecule has 4 rings (SSSR count). The smallest absolute Gasteiger partial charge is 0.134 e. The van der Waals surface area contributed by atoms with Crippen LogP contribution in [0.3, 0.4) is 0 Å². The average molecular weight is 342 g/mol. The summed E-state index contributed by atoms with van der Waals surface area (Å²) < 4.78 is 5.95. The number of anilines is 2. The van der Waals surface area contributed by atoms with E-state index in [-0.39, 0.29) is 12.1 Å². The van der Waals surface area contributed by atoms with Crippen LogP contribution in [0.4, 0.5) is 11.6 Å². The molecule has 0 unspecified atom stereocenters. The molecule has 3 heterocycles. The Bertz CT molecular complexity index is 663. The topological polar surface area (TPSA) is 50.3 Å². The predicted octanol–water partition coefficient (Wildman–Crippen LogP) is 2.97. The number of nitrogens with one attached hydrogen (secondary N) is 1. The third-order valence-corrected chi connectivity index (χ3v) is 5.48. The average Bonchev–Trinajstić information content (AvgIpc) is 3.11. The molecule has 126 valence electrons. The molecule has 0 radical (unpaired) electrons. The molecule has 1 aromatic carbocycles. The Labute approximate surface area is 146 Å². The Morgan fingerprint density at radius 1 is 1.12 bits per heavy atom. The van der Waals surface area contributed by atoms with Gasteiger partial charge in [0.05, 0.1) is 6.04 Å². The summed E-state index contributed by atoms with van der Waals surface area (Å²) in [4.78, 5) is 11.2. The normalized spacial score (nSPS) is 24.1. The van der Waals surface area contributed by atoms with Gasteiger partial charge in [0.2, 0.25) is 0 Å². The molecule has 0 spiro atoms. The van der Waals surface area contributed by atoms with Gasteiger partial charge >= 0.3 is 0 Å². The van der Waals surface area contributed by atoms with Crippen LogP contribution in [0.2, 0.25) is 0 Å². The van der Waals surface area contributed by atoms with Gasteiger partial charge in [-0.15, -0.1) is 0 Å². The maximum Gasteiger partial charge on any atom is 0.134 e. The molecule has 5 nitrogen and oxygen atoms in total. The lowest BCUT2D eigenvalue weighted by molar-refractivity contribution is 0.107. The van der Waals surface area contributed by atoms with E-state index in [9.17, 15) is 0 Å². The molecule has 0 bridgehead atoms. The second-order valence-electron chi connectivity index (χ2n) is 6.10. The van der Waals surface area contributed by atoms with Crippen LogP contribution >= 0.6 is 11.8 Å². The van der Waals surface area contributed by atoms with Crippen LogP contribution < -0.4 is 10.2 Å². The lowest BCUT2D eigenvalue weighted by atomic mass is 10.0. The lowest BCUT2D eigenvalue weighted by Crippen LogP contribution is -2.33. The highest BCUT2D eigenvalue weighted by Crippen LogP contribution is 2.31. The molecule has 2 saturated heterocycles. The minimum atomic E-state index is 0.0796. The number of rotatable bonds is 4. The first kappa shape index (κ1) is 15.7. The second-order valence-corrected chi connectivity index (χ2v) is 7.33. The number of nitrogens with zero attached hydrogens (tertiary/aromatic N) is 3. The Kier molecular flexibility index (Phi) is 4.85. The van der Waals surface area contributed by atoms with Crippen molar-refractivity contribution in [1.82, 2.24) is 9.97 Å². The first-order chi connectivity index (χ1) is 11.9. The zero-order valence-corrected chi connectivity index (χ0v) is 14.4. The van der Waals surface area contributed by atoms with E-state index in [2.05, 4.69) is 50.5 Å². The van der Waals surface area contributed by atoms with Crippen LogP contribution in [0, 0.1) is 0 Å². The Balaban J connectivity index is 1.48. The molecule has 6 heteroatoms. The lowest BCUT2D eigenvalue weighted by Gasteiger charge is -2.28. The third kappa shape index (κ3) is 3.49. The predicted molar refractivity (Wildman–Crippen MR) is 98.7 cm³/mol. The monoisotopic (exact) mass is 342 g/mol. The highest BCUT2D eigenvalue weighted by Gasteiger charge is 2.29. The molecule has 0 aliphatic carbocycles. The van der Waals surface area contributed by atoms with Crippen molar-refractivity contribution in [2.24, 2.45) is 0 Å². The van der Waals surface area contributed by atoms with Crippen molar-refractivity contribution in [2.45, 2.75) is 18.6 Å². The van der Waals surface area contributed by atoms with E-state index in [0.717, 1.165) is 37.8 Å². The van der Waals surface area contributed by atoms with Crippen molar-refractivity contribution in [3.63, 3.8) is 0 Å². The molecule has 2 aliphatic heterocycles. The molecule has 0 saturated carbocycles. The summed E-state index contributed by atoms with van der Waals surface area (Å²) >= 11 is 2.00. The highest BCUT2D eigenvalue weighted by molar-refractivity contribution is 7.99. The van der Waals surface area contributed by atoms with E-state index in [1.54, 1.807) is 6.33 Å². The number of ether oxygens (including phenoxy) is 1. The van der Waals surface area contributed by atoms with Crippen LogP contribution in [0.1, 0.15) is 18.1 Å². The van der Waals surface area contributed by atoms with Crippen molar-refractivity contribution in [3.8, 4) is 0 Å². The van der Waals surface area contributed by atoms with Gasteiger partial charge in [0, 0.05) is 37.3 Å². The maximum atomic E-state index is 5.95. The molecule has 1 aromatic heterocycles. The number of aromatic nitrogens is 2. The molecular formula is C18H22N4OS. The number of hydrogen-bond donors (Lipinski definition) is 1. The van der Waals surface area contributed by atoms with Crippen LogP contribution in [0.25, 0.3) is 0 Å². The van der Waals surface area contributed by atoms with Gasteiger partial charge in [-0.2, -0.15) is 11.8 Å². The first-order valence-corrected chi connectivity index (χ1v) is 9.63. The largest absolute Gasteiger partial charge is 0.371 e. The Hall–Kier alpha value is -1.79. The number of thioether (sulfide) groups is 1. The molecule has 1 N–H and O–H groups in total. The first-order valence-electron chi connectivity index (χ1n) is 8.48. The van der Waals surface area contributed by atoms with Crippen LogP contribution in [0.5, 0.6) is 0 Å². The van der Waals surface area contributed by atoms with E-state index in [0.29, 0.717) is 0 Å².